The van der Waals surface area contributed by atoms with Gasteiger partial charge in [0.05, 0.1) is 6.10 Å². The van der Waals surface area contributed by atoms with Gasteiger partial charge in [-0.25, -0.2) is 0 Å². The molecule has 0 aliphatic heterocycles. The molecule has 2 atom stereocenters. The zero-order valence-electron chi connectivity index (χ0n) is 13.2. The summed E-state index contributed by atoms with van der Waals surface area (Å²) in [5.74, 6) is 0.0533. The van der Waals surface area contributed by atoms with Crippen LogP contribution in [0, 0.1) is 5.92 Å². The van der Waals surface area contributed by atoms with Crippen LogP contribution in [0.1, 0.15) is 54.9 Å². The number of rotatable bonds is 7. The Morgan fingerprint density at radius 2 is 1.91 bits per heavy atom. The minimum atomic E-state index is -0.293. The van der Waals surface area contributed by atoms with Crippen molar-refractivity contribution in [3.8, 4) is 0 Å². The van der Waals surface area contributed by atoms with Crippen LogP contribution >= 0.6 is 0 Å². The van der Waals surface area contributed by atoms with Crippen LogP contribution < -0.4 is 5.32 Å². The summed E-state index contributed by atoms with van der Waals surface area (Å²) in [5, 5.41) is 12.5. The van der Waals surface area contributed by atoms with Gasteiger partial charge in [-0.3, -0.25) is 9.59 Å². The fraction of sp³-hybridized carbons (Fsp3) is 0.556. The molecule has 2 rings (SSSR count). The Bertz CT molecular complexity index is 510. The average Bonchev–Trinajstić information content (AvgIpc) is 2.95. The van der Waals surface area contributed by atoms with Crippen molar-refractivity contribution in [3.05, 3.63) is 35.4 Å². The van der Waals surface area contributed by atoms with Gasteiger partial charge < -0.3 is 10.4 Å². The number of benzene rings is 1. The summed E-state index contributed by atoms with van der Waals surface area (Å²) in [6.07, 6.45) is 3.90. The third kappa shape index (κ3) is 4.67. The Morgan fingerprint density at radius 3 is 2.50 bits per heavy atom. The molecule has 1 aromatic rings. The molecular weight excluding hydrogens is 278 g/mol. The van der Waals surface area contributed by atoms with Gasteiger partial charge >= 0.3 is 0 Å². The Morgan fingerprint density at radius 1 is 1.18 bits per heavy atom. The molecule has 22 heavy (non-hydrogen) atoms. The van der Waals surface area contributed by atoms with Crippen molar-refractivity contribution in [2.45, 2.75) is 51.6 Å². The number of aliphatic hydroxyl groups is 1. The lowest BCUT2D eigenvalue weighted by Gasteiger charge is -2.14. The molecule has 0 heterocycles. The number of hydrogen-bond acceptors (Lipinski definition) is 3. The third-order valence-electron chi connectivity index (χ3n) is 4.44. The van der Waals surface area contributed by atoms with Crippen molar-refractivity contribution < 1.29 is 14.7 Å². The Balaban J connectivity index is 1.71. The van der Waals surface area contributed by atoms with Crippen molar-refractivity contribution in [3.63, 3.8) is 0 Å². The van der Waals surface area contributed by atoms with Crippen LogP contribution in [0.4, 0.5) is 0 Å². The van der Waals surface area contributed by atoms with Crippen LogP contribution in [0.25, 0.3) is 0 Å². The van der Waals surface area contributed by atoms with Gasteiger partial charge in [0, 0.05) is 30.9 Å². The first-order valence-corrected chi connectivity index (χ1v) is 8.17. The number of Topliss-reactive ketones (excluding diaryl/α,β-unsaturated/α-hetero) is 1. The highest BCUT2D eigenvalue weighted by Crippen LogP contribution is 2.24. The molecule has 1 fully saturated rings. The van der Waals surface area contributed by atoms with Crippen LogP contribution in [0.5, 0.6) is 0 Å². The summed E-state index contributed by atoms with van der Waals surface area (Å²) in [6, 6.07) is 7.56. The maximum absolute atomic E-state index is 12.0. The third-order valence-corrected chi connectivity index (χ3v) is 4.44. The van der Waals surface area contributed by atoms with Crippen LogP contribution in [0.2, 0.25) is 0 Å². The SMILES string of the molecule is CCc1ccc(C(=O)CCC(=O)NCC2CCCC2O)cc1. The molecule has 1 aromatic carbocycles. The minimum Gasteiger partial charge on any atom is -0.393 e. The van der Waals surface area contributed by atoms with Crippen molar-refractivity contribution in [1.82, 2.24) is 5.32 Å². The summed E-state index contributed by atoms with van der Waals surface area (Å²) in [5.41, 5.74) is 1.86. The molecule has 1 aliphatic rings. The highest BCUT2D eigenvalue weighted by atomic mass is 16.3. The summed E-state index contributed by atoms with van der Waals surface area (Å²) in [6.45, 7) is 2.59. The fourth-order valence-corrected chi connectivity index (χ4v) is 2.89. The first kappa shape index (κ1) is 16.7. The number of hydrogen-bond donors (Lipinski definition) is 2. The van der Waals surface area contributed by atoms with E-state index in [1.807, 2.05) is 24.3 Å². The predicted molar refractivity (Wildman–Crippen MR) is 85.7 cm³/mol. The van der Waals surface area contributed by atoms with Crippen molar-refractivity contribution in [2.24, 2.45) is 5.92 Å². The van der Waals surface area contributed by atoms with Gasteiger partial charge in [-0.05, 0) is 24.8 Å². The van der Waals surface area contributed by atoms with E-state index in [1.54, 1.807) is 0 Å². The smallest absolute Gasteiger partial charge is 0.220 e. The van der Waals surface area contributed by atoms with Crippen LogP contribution in [-0.2, 0) is 11.2 Å². The van der Waals surface area contributed by atoms with Crippen molar-refractivity contribution in [1.29, 1.82) is 0 Å². The number of nitrogens with one attached hydrogen (secondary N) is 1. The lowest BCUT2D eigenvalue weighted by atomic mass is 10.0. The van der Waals surface area contributed by atoms with Crippen molar-refractivity contribution >= 4 is 11.7 Å². The number of aryl methyl sites for hydroxylation is 1. The molecule has 2 N–H and O–H groups in total. The molecule has 120 valence electrons. The lowest BCUT2D eigenvalue weighted by molar-refractivity contribution is -0.121. The van der Waals surface area contributed by atoms with Gasteiger partial charge in [-0.1, -0.05) is 37.6 Å². The van der Waals surface area contributed by atoms with Crippen LogP contribution in [0.15, 0.2) is 24.3 Å². The second kappa shape index (κ2) is 8.08. The summed E-state index contributed by atoms with van der Waals surface area (Å²) < 4.78 is 0. The highest BCUT2D eigenvalue weighted by molar-refractivity contribution is 5.97. The normalized spacial score (nSPS) is 20.8. The average molecular weight is 303 g/mol. The molecule has 1 saturated carbocycles. The first-order chi connectivity index (χ1) is 10.6. The highest BCUT2D eigenvalue weighted by Gasteiger charge is 2.25. The van der Waals surface area contributed by atoms with E-state index >= 15 is 0 Å². The minimum absolute atomic E-state index is 0.00120. The zero-order valence-corrected chi connectivity index (χ0v) is 13.2. The standard InChI is InChI=1S/C18H25NO3/c1-2-13-6-8-14(9-7-13)17(21)10-11-18(22)19-12-15-4-3-5-16(15)20/h6-9,15-16,20H,2-5,10-12H2,1H3,(H,19,22). The van der Waals surface area contributed by atoms with Gasteiger partial charge in [0.1, 0.15) is 0 Å². The monoisotopic (exact) mass is 303 g/mol. The van der Waals surface area contributed by atoms with E-state index in [4.69, 9.17) is 0 Å². The summed E-state index contributed by atoms with van der Waals surface area (Å²) in [7, 11) is 0. The Kier molecular flexibility index (Phi) is 6.13. The second-order valence-electron chi connectivity index (χ2n) is 6.04. The molecule has 2 unspecified atom stereocenters. The number of ketones is 1. The molecule has 0 bridgehead atoms. The molecule has 4 heteroatoms. The van der Waals surface area contributed by atoms with Gasteiger partial charge in [0.25, 0.3) is 0 Å². The largest absolute Gasteiger partial charge is 0.393 e. The zero-order chi connectivity index (χ0) is 15.9. The van der Waals surface area contributed by atoms with Gasteiger partial charge in [-0.2, -0.15) is 0 Å². The maximum Gasteiger partial charge on any atom is 0.220 e. The van der Waals surface area contributed by atoms with E-state index in [0.717, 1.165) is 25.7 Å². The molecule has 0 aromatic heterocycles. The first-order valence-electron chi connectivity index (χ1n) is 8.17. The molecular formula is C18H25NO3. The molecule has 0 radical (unpaired) electrons. The molecule has 1 aliphatic carbocycles. The fourth-order valence-electron chi connectivity index (χ4n) is 2.89. The van der Waals surface area contributed by atoms with E-state index in [2.05, 4.69) is 12.2 Å². The summed E-state index contributed by atoms with van der Waals surface area (Å²) >= 11 is 0. The van der Waals surface area contributed by atoms with E-state index in [-0.39, 0.29) is 36.6 Å². The summed E-state index contributed by atoms with van der Waals surface area (Å²) in [4.78, 5) is 23.8. The van der Waals surface area contributed by atoms with Crippen LogP contribution in [0.3, 0.4) is 0 Å². The molecule has 4 nitrogen and oxygen atoms in total. The van der Waals surface area contributed by atoms with Crippen molar-refractivity contribution in [2.75, 3.05) is 6.54 Å². The number of carbonyl (C=O) groups excluding carboxylic acids is 2. The number of carbonyl (C=O) groups is 2. The van der Waals surface area contributed by atoms with Gasteiger partial charge in [0.2, 0.25) is 5.91 Å². The van der Waals surface area contributed by atoms with E-state index in [1.165, 1.54) is 5.56 Å². The maximum atomic E-state index is 12.0. The van der Waals surface area contributed by atoms with Crippen LogP contribution in [-0.4, -0.2) is 29.4 Å². The second-order valence-corrected chi connectivity index (χ2v) is 6.04. The molecule has 0 spiro atoms. The Labute approximate surface area is 131 Å². The number of aliphatic hydroxyl groups excluding tert-OH is 1. The van der Waals surface area contributed by atoms with Gasteiger partial charge in [0.15, 0.2) is 5.78 Å². The topological polar surface area (TPSA) is 66.4 Å². The lowest BCUT2D eigenvalue weighted by Crippen LogP contribution is -2.32. The van der Waals surface area contributed by atoms with Gasteiger partial charge in [-0.15, -0.1) is 0 Å². The van der Waals surface area contributed by atoms with E-state index < -0.39 is 0 Å². The van der Waals surface area contributed by atoms with E-state index in [9.17, 15) is 14.7 Å². The molecule has 0 saturated heterocycles. The quantitative estimate of drug-likeness (QED) is 0.761. The molecule has 1 amide bonds. The van der Waals surface area contributed by atoms with E-state index in [0.29, 0.717) is 12.1 Å². The number of amides is 1. The Hall–Kier alpha value is -1.68. The predicted octanol–water partition coefficient (Wildman–Crippen LogP) is 2.49.